The van der Waals surface area contributed by atoms with E-state index < -0.39 is 24.9 Å². The minimum absolute atomic E-state index is 0.00263. The van der Waals surface area contributed by atoms with Crippen LogP contribution in [0, 0.1) is 22.7 Å². The highest BCUT2D eigenvalue weighted by molar-refractivity contribution is 6.90. The first-order valence-electron chi connectivity index (χ1n) is 18.5. The lowest BCUT2D eigenvalue weighted by molar-refractivity contribution is -0.113. The first kappa shape index (κ1) is 37.7. The van der Waals surface area contributed by atoms with E-state index in [0.717, 1.165) is 41.9 Å². The van der Waals surface area contributed by atoms with E-state index in [9.17, 15) is 9.90 Å². The number of aliphatic hydroxyl groups is 1. The average molecular weight is 726 g/mol. The number of benzene rings is 3. The van der Waals surface area contributed by atoms with Gasteiger partial charge in [-0.2, -0.15) is 9.97 Å². The number of fused-ring (bicyclic) bond motifs is 2. The summed E-state index contributed by atoms with van der Waals surface area (Å²) in [5.41, 5.74) is 5.65. The Hall–Kier alpha value is -4.04. The highest BCUT2D eigenvalue weighted by Gasteiger charge is 2.44. The predicted molar refractivity (Wildman–Crippen MR) is 208 cm³/mol. The SMILES string of the molecule is COCOc1cc(-c2ccc3c(N4CCCC(C)(O)C4)nc(OCC4(C=O)CC4)nc3c2F)c2c(C#C[Si](C(C)C)(C(C)C)C(C)C)cccc2c1. The van der Waals surface area contributed by atoms with E-state index >= 15 is 4.39 Å². The van der Waals surface area contributed by atoms with Crippen LogP contribution in [-0.4, -0.2) is 68.6 Å². The van der Waals surface area contributed by atoms with Crippen molar-refractivity contribution >= 4 is 41.9 Å². The molecule has 4 aromatic rings. The Morgan fingerprint density at radius 2 is 1.73 bits per heavy atom. The largest absolute Gasteiger partial charge is 0.468 e. The maximum absolute atomic E-state index is 17.4. The summed E-state index contributed by atoms with van der Waals surface area (Å²) in [6.07, 6.45) is 3.81. The number of aldehydes is 1. The molecule has 1 aliphatic heterocycles. The van der Waals surface area contributed by atoms with E-state index in [4.69, 9.17) is 19.2 Å². The van der Waals surface area contributed by atoms with Gasteiger partial charge in [-0.15, -0.1) is 5.54 Å². The molecule has 1 atom stereocenters. The second kappa shape index (κ2) is 14.8. The van der Waals surface area contributed by atoms with E-state index in [1.54, 1.807) is 20.1 Å². The van der Waals surface area contributed by atoms with Gasteiger partial charge in [0.1, 0.15) is 38.1 Å². The molecule has 0 amide bonds. The maximum atomic E-state index is 17.4. The van der Waals surface area contributed by atoms with Gasteiger partial charge in [0.2, 0.25) is 0 Å². The monoisotopic (exact) mass is 725 g/mol. The number of carbonyl (C=O) groups excluding carboxylic acids is 1. The molecule has 2 fully saturated rings. The van der Waals surface area contributed by atoms with Crippen molar-refractivity contribution in [2.75, 3.05) is 38.5 Å². The van der Waals surface area contributed by atoms with Crippen molar-refractivity contribution < 1.29 is 28.5 Å². The Bertz CT molecular complexity index is 2010. The molecule has 3 aromatic carbocycles. The first-order valence-corrected chi connectivity index (χ1v) is 20.8. The number of anilines is 1. The van der Waals surface area contributed by atoms with Gasteiger partial charge < -0.3 is 29.0 Å². The van der Waals surface area contributed by atoms with Gasteiger partial charge in [0.25, 0.3) is 0 Å². The van der Waals surface area contributed by atoms with Gasteiger partial charge >= 0.3 is 6.01 Å². The molecule has 1 aliphatic carbocycles. The summed E-state index contributed by atoms with van der Waals surface area (Å²) in [6.45, 7) is 16.7. The van der Waals surface area contributed by atoms with Gasteiger partial charge in [0, 0.05) is 42.1 Å². The normalized spacial score (nSPS) is 18.6. The summed E-state index contributed by atoms with van der Waals surface area (Å²) in [5.74, 6) is 4.13. The van der Waals surface area contributed by atoms with Crippen molar-refractivity contribution in [1.82, 2.24) is 9.97 Å². The highest BCUT2D eigenvalue weighted by Crippen LogP contribution is 2.45. The van der Waals surface area contributed by atoms with E-state index in [-0.39, 0.29) is 24.9 Å². The smallest absolute Gasteiger partial charge is 0.319 e. The van der Waals surface area contributed by atoms with Crippen molar-refractivity contribution in [3.63, 3.8) is 0 Å². The zero-order valence-corrected chi connectivity index (χ0v) is 32.8. The molecule has 8 nitrogen and oxygen atoms in total. The van der Waals surface area contributed by atoms with Crippen molar-refractivity contribution in [2.45, 2.75) is 96.4 Å². The molecule has 276 valence electrons. The van der Waals surface area contributed by atoms with E-state index in [0.29, 0.717) is 64.2 Å². The number of aromatic nitrogens is 2. The van der Waals surface area contributed by atoms with Gasteiger partial charge in [-0.05, 0) is 84.4 Å². The molecule has 2 heterocycles. The second-order valence-electron chi connectivity index (χ2n) is 16.0. The number of hydrogen-bond acceptors (Lipinski definition) is 8. The number of methoxy groups -OCH3 is 1. The van der Waals surface area contributed by atoms with Crippen molar-refractivity contribution in [3.8, 4) is 34.4 Å². The third-order valence-electron chi connectivity index (χ3n) is 11.2. The van der Waals surface area contributed by atoms with Crippen LogP contribution in [0.1, 0.15) is 79.7 Å². The van der Waals surface area contributed by atoms with Crippen LogP contribution in [0.2, 0.25) is 16.6 Å². The van der Waals surface area contributed by atoms with Crippen LogP contribution in [0.4, 0.5) is 10.2 Å². The molecule has 10 heteroatoms. The number of carbonyl (C=O) groups is 1. The van der Waals surface area contributed by atoms with Crippen LogP contribution in [0.25, 0.3) is 32.8 Å². The standard InChI is InChI=1S/C42H52FN3O5Si/c1-27(2)52(28(3)4,29(5)6)20-15-30-11-9-12-31-21-32(51-26-49-8)22-35(36(30)31)33-13-14-34-38(37(33)43)44-40(50-25-42(24-47)17-18-42)45-39(34)46-19-10-16-41(7,48)23-46/h9,11-14,21-22,24,27-29,48H,10,16-19,23,25-26H2,1-8H3. The van der Waals surface area contributed by atoms with E-state index in [1.807, 2.05) is 41.3 Å². The lowest BCUT2D eigenvalue weighted by Gasteiger charge is -2.38. The Morgan fingerprint density at radius 3 is 2.37 bits per heavy atom. The van der Waals surface area contributed by atoms with Gasteiger partial charge in [-0.3, -0.25) is 0 Å². The predicted octanol–water partition coefficient (Wildman–Crippen LogP) is 8.85. The quantitative estimate of drug-likeness (QED) is 0.0671. The number of hydrogen-bond donors (Lipinski definition) is 1. The van der Waals surface area contributed by atoms with Gasteiger partial charge in [-0.25, -0.2) is 4.39 Å². The average Bonchev–Trinajstić information content (AvgIpc) is 3.89. The summed E-state index contributed by atoms with van der Waals surface area (Å²) in [7, 11) is -0.520. The first-order chi connectivity index (χ1) is 24.7. The van der Waals surface area contributed by atoms with Gasteiger partial charge in [-0.1, -0.05) is 65.7 Å². The summed E-state index contributed by atoms with van der Waals surface area (Å²) in [5, 5.41) is 13.2. The number of piperidine rings is 1. The van der Waals surface area contributed by atoms with Crippen LogP contribution >= 0.6 is 0 Å². The number of β-amino-alcohol motifs (C(OH)–C–C–N with tert-alkyl or cyclic N) is 1. The fourth-order valence-electron chi connectivity index (χ4n) is 8.24. The summed E-state index contributed by atoms with van der Waals surface area (Å²) < 4.78 is 34.6. The van der Waals surface area contributed by atoms with Gasteiger partial charge in [0.15, 0.2) is 12.6 Å². The van der Waals surface area contributed by atoms with Crippen LogP contribution < -0.4 is 14.4 Å². The molecule has 1 unspecified atom stereocenters. The summed E-state index contributed by atoms with van der Waals surface area (Å²) in [6, 6.07) is 13.4. The summed E-state index contributed by atoms with van der Waals surface area (Å²) in [4.78, 5) is 23.1. The number of nitrogens with zero attached hydrogens (tertiary/aromatic N) is 3. The lowest BCUT2D eigenvalue weighted by atomic mass is 9.93. The topological polar surface area (TPSA) is 94.0 Å². The molecule has 52 heavy (non-hydrogen) atoms. The molecule has 0 radical (unpaired) electrons. The Morgan fingerprint density at radius 1 is 1.00 bits per heavy atom. The van der Waals surface area contributed by atoms with Gasteiger partial charge in [0.05, 0.1) is 11.0 Å². The molecule has 1 N–H and O–H groups in total. The minimum Gasteiger partial charge on any atom is -0.468 e. The van der Waals surface area contributed by atoms with Crippen LogP contribution in [0.15, 0.2) is 42.5 Å². The third kappa shape index (κ3) is 7.28. The van der Waals surface area contributed by atoms with Crippen LogP contribution in [-0.2, 0) is 9.53 Å². The third-order valence-corrected chi connectivity index (χ3v) is 17.5. The zero-order chi connectivity index (χ0) is 37.4. The Kier molecular flexibility index (Phi) is 10.7. The molecular formula is C42H52FN3O5Si. The highest BCUT2D eigenvalue weighted by atomic mass is 28.3. The lowest BCUT2D eigenvalue weighted by Crippen LogP contribution is -2.46. The number of ether oxygens (including phenoxy) is 3. The molecule has 1 saturated heterocycles. The minimum atomic E-state index is -2.08. The van der Waals surface area contributed by atoms with E-state index in [2.05, 4.69) is 58.0 Å². The van der Waals surface area contributed by atoms with Crippen molar-refractivity contribution in [2.24, 2.45) is 5.41 Å². The van der Waals surface area contributed by atoms with Crippen LogP contribution in [0.5, 0.6) is 11.8 Å². The molecular weight excluding hydrogens is 674 g/mol. The number of halogens is 1. The summed E-state index contributed by atoms with van der Waals surface area (Å²) >= 11 is 0. The van der Waals surface area contributed by atoms with Crippen molar-refractivity contribution in [1.29, 1.82) is 0 Å². The molecule has 1 saturated carbocycles. The van der Waals surface area contributed by atoms with Crippen LogP contribution in [0.3, 0.4) is 0 Å². The zero-order valence-electron chi connectivity index (χ0n) is 31.8. The second-order valence-corrected chi connectivity index (χ2v) is 21.6. The molecule has 2 aliphatic rings. The van der Waals surface area contributed by atoms with E-state index in [1.165, 1.54) is 0 Å². The molecule has 0 spiro atoms. The fraction of sp³-hybridized carbons (Fsp3) is 0.500. The molecule has 6 rings (SSSR count). The molecule has 1 aromatic heterocycles. The Balaban J connectivity index is 1.58. The molecule has 0 bridgehead atoms. The van der Waals surface area contributed by atoms with Crippen molar-refractivity contribution in [3.05, 3.63) is 53.8 Å². The fourth-order valence-corrected chi connectivity index (χ4v) is 13.5. The number of rotatable bonds is 12. The maximum Gasteiger partial charge on any atom is 0.319 e. The Labute approximate surface area is 308 Å².